The summed E-state index contributed by atoms with van der Waals surface area (Å²) in [6.07, 6.45) is -0.633. The van der Waals surface area contributed by atoms with Gasteiger partial charge in [-0.1, -0.05) is 17.7 Å². The number of rotatable bonds is 3. The number of carbonyl (C=O) groups excluding carboxylic acids is 2. The molecule has 0 radical (unpaired) electrons. The first-order valence-electron chi connectivity index (χ1n) is 6.23. The molecular formula is C14H19ClN2O3. The molecule has 1 atom stereocenters. The Morgan fingerprint density at radius 1 is 1.30 bits per heavy atom. The molecule has 0 unspecified atom stereocenters. The molecule has 20 heavy (non-hydrogen) atoms. The summed E-state index contributed by atoms with van der Waals surface area (Å²) in [7, 11) is 0. The van der Waals surface area contributed by atoms with E-state index in [2.05, 4.69) is 10.6 Å². The average Bonchev–Trinajstić information content (AvgIpc) is 2.25. The molecule has 1 rings (SSSR count). The van der Waals surface area contributed by atoms with Gasteiger partial charge >= 0.3 is 6.09 Å². The monoisotopic (exact) mass is 298 g/mol. The van der Waals surface area contributed by atoms with Crippen LogP contribution in [0.2, 0.25) is 5.02 Å². The standard InChI is InChI=1S/C14H19ClN2O3/c1-9(16-13(19)20-14(2,3)4)12(18)17-11-7-5-6-10(15)8-11/h5-9H,1-4H3,(H,16,19)(H,17,18)/t9-/m1/s1. The summed E-state index contributed by atoms with van der Waals surface area (Å²) < 4.78 is 5.08. The fourth-order valence-corrected chi connectivity index (χ4v) is 1.56. The van der Waals surface area contributed by atoms with E-state index < -0.39 is 17.7 Å². The van der Waals surface area contributed by atoms with Gasteiger partial charge in [0, 0.05) is 10.7 Å². The van der Waals surface area contributed by atoms with Crippen LogP contribution in [0.25, 0.3) is 0 Å². The molecule has 0 saturated heterocycles. The first-order chi connectivity index (χ1) is 9.17. The molecule has 0 fully saturated rings. The van der Waals surface area contributed by atoms with E-state index in [9.17, 15) is 9.59 Å². The van der Waals surface area contributed by atoms with Crippen molar-refractivity contribution in [3.63, 3.8) is 0 Å². The number of hydrogen-bond acceptors (Lipinski definition) is 3. The van der Waals surface area contributed by atoms with E-state index in [-0.39, 0.29) is 5.91 Å². The summed E-state index contributed by atoms with van der Waals surface area (Å²) in [6, 6.07) is 6.05. The molecule has 0 aromatic heterocycles. The zero-order valence-electron chi connectivity index (χ0n) is 12.0. The number of nitrogens with one attached hydrogen (secondary N) is 2. The predicted molar refractivity (Wildman–Crippen MR) is 78.9 cm³/mol. The molecule has 110 valence electrons. The number of alkyl carbamates (subject to hydrolysis) is 1. The highest BCUT2D eigenvalue weighted by molar-refractivity contribution is 6.30. The van der Waals surface area contributed by atoms with Gasteiger partial charge in [-0.25, -0.2) is 4.79 Å². The van der Waals surface area contributed by atoms with Gasteiger partial charge in [0.1, 0.15) is 11.6 Å². The normalized spacial score (nSPS) is 12.4. The van der Waals surface area contributed by atoms with Crippen molar-refractivity contribution in [2.75, 3.05) is 5.32 Å². The smallest absolute Gasteiger partial charge is 0.408 e. The Balaban J connectivity index is 2.53. The fourth-order valence-electron chi connectivity index (χ4n) is 1.37. The van der Waals surface area contributed by atoms with Crippen molar-refractivity contribution in [1.29, 1.82) is 0 Å². The van der Waals surface area contributed by atoms with E-state index in [0.29, 0.717) is 10.7 Å². The molecule has 0 bridgehead atoms. The first-order valence-corrected chi connectivity index (χ1v) is 6.61. The van der Waals surface area contributed by atoms with Crippen molar-refractivity contribution in [3.8, 4) is 0 Å². The van der Waals surface area contributed by atoms with Crippen LogP contribution in [0.5, 0.6) is 0 Å². The van der Waals surface area contributed by atoms with Gasteiger partial charge in [-0.05, 0) is 45.9 Å². The molecule has 1 aromatic rings. The number of halogens is 1. The van der Waals surface area contributed by atoms with Crippen molar-refractivity contribution in [2.45, 2.75) is 39.3 Å². The minimum absolute atomic E-state index is 0.349. The van der Waals surface area contributed by atoms with Crippen LogP contribution in [-0.4, -0.2) is 23.6 Å². The van der Waals surface area contributed by atoms with Crippen LogP contribution in [0.4, 0.5) is 10.5 Å². The molecule has 0 saturated carbocycles. The molecular weight excluding hydrogens is 280 g/mol. The second kappa shape index (κ2) is 6.61. The third-order valence-electron chi connectivity index (χ3n) is 2.22. The maximum Gasteiger partial charge on any atom is 0.408 e. The van der Waals surface area contributed by atoms with E-state index in [4.69, 9.17) is 16.3 Å². The Morgan fingerprint density at radius 2 is 1.95 bits per heavy atom. The van der Waals surface area contributed by atoms with Crippen molar-refractivity contribution in [3.05, 3.63) is 29.3 Å². The Bertz CT molecular complexity index is 497. The van der Waals surface area contributed by atoms with Crippen LogP contribution in [0.3, 0.4) is 0 Å². The largest absolute Gasteiger partial charge is 0.444 e. The summed E-state index contributed by atoms with van der Waals surface area (Å²) in [4.78, 5) is 23.4. The van der Waals surface area contributed by atoms with E-state index >= 15 is 0 Å². The van der Waals surface area contributed by atoms with Gasteiger partial charge < -0.3 is 15.4 Å². The molecule has 0 spiro atoms. The predicted octanol–water partition coefficient (Wildman–Crippen LogP) is 3.19. The van der Waals surface area contributed by atoms with E-state index in [1.807, 2.05) is 0 Å². The van der Waals surface area contributed by atoms with Gasteiger partial charge in [0.15, 0.2) is 0 Å². The van der Waals surface area contributed by atoms with Crippen LogP contribution in [0.15, 0.2) is 24.3 Å². The lowest BCUT2D eigenvalue weighted by Gasteiger charge is -2.21. The molecule has 1 aromatic carbocycles. The molecule has 0 heterocycles. The third-order valence-corrected chi connectivity index (χ3v) is 2.45. The fraction of sp³-hybridized carbons (Fsp3) is 0.429. The number of carbonyl (C=O) groups is 2. The Hall–Kier alpha value is -1.75. The van der Waals surface area contributed by atoms with Crippen molar-refractivity contribution >= 4 is 29.3 Å². The van der Waals surface area contributed by atoms with Gasteiger partial charge in [-0.3, -0.25) is 4.79 Å². The molecule has 0 aliphatic rings. The molecule has 0 aliphatic heterocycles. The van der Waals surface area contributed by atoms with Gasteiger partial charge in [0.2, 0.25) is 5.91 Å². The maximum absolute atomic E-state index is 11.9. The van der Waals surface area contributed by atoms with Crippen molar-refractivity contribution in [2.24, 2.45) is 0 Å². The minimum atomic E-state index is -0.719. The van der Waals surface area contributed by atoms with E-state index in [0.717, 1.165) is 0 Å². The Morgan fingerprint density at radius 3 is 2.50 bits per heavy atom. The zero-order chi connectivity index (χ0) is 15.3. The van der Waals surface area contributed by atoms with Gasteiger partial charge in [-0.2, -0.15) is 0 Å². The quantitative estimate of drug-likeness (QED) is 0.900. The summed E-state index contributed by atoms with van der Waals surface area (Å²) in [5.74, 6) is -0.349. The highest BCUT2D eigenvalue weighted by Gasteiger charge is 2.21. The number of amides is 2. The second-order valence-electron chi connectivity index (χ2n) is 5.37. The molecule has 6 heteroatoms. The average molecular weight is 299 g/mol. The lowest BCUT2D eigenvalue weighted by Crippen LogP contribution is -2.43. The number of hydrogen-bond donors (Lipinski definition) is 2. The van der Waals surface area contributed by atoms with Crippen molar-refractivity contribution < 1.29 is 14.3 Å². The number of ether oxygens (including phenoxy) is 1. The van der Waals surface area contributed by atoms with E-state index in [1.54, 1.807) is 52.0 Å². The van der Waals surface area contributed by atoms with Crippen LogP contribution < -0.4 is 10.6 Å². The Kier molecular flexibility index (Phi) is 5.39. The molecule has 5 nitrogen and oxygen atoms in total. The summed E-state index contributed by atoms with van der Waals surface area (Å²) in [6.45, 7) is 6.83. The topological polar surface area (TPSA) is 67.4 Å². The SMILES string of the molecule is C[C@@H](NC(=O)OC(C)(C)C)C(=O)Nc1cccc(Cl)c1. The molecule has 2 N–H and O–H groups in total. The minimum Gasteiger partial charge on any atom is -0.444 e. The summed E-state index contributed by atoms with van der Waals surface area (Å²) in [5, 5.41) is 5.65. The third kappa shape index (κ3) is 5.93. The highest BCUT2D eigenvalue weighted by atomic mass is 35.5. The van der Waals surface area contributed by atoms with Crippen molar-refractivity contribution in [1.82, 2.24) is 5.32 Å². The molecule has 2 amide bonds. The first kappa shape index (κ1) is 16.3. The van der Waals surface area contributed by atoms with Gasteiger partial charge in [-0.15, -0.1) is 0 Å². The van der Waals surface area contributed by atoms with E-state index in [1.165, 1.54) is 0 Å². The van der Waals surface area contributed by atoms with Gasteiger partial charge in [0.05, 0.1) is 0 Å². The summed E-state index contributed by atoms with van der Waals surface area (Å²) in [5.41, 5.74) is -0.0342. The number of benzene rings is 1. The van der Waals surface area contributed by atoms with Crippen LogP contribution in [-0.2, 0) is 9.53 Å². The molecule has 0 aliphatic carbocycles. The van der Waals surface area contributed by atoms with Gasteiger partial charge in [0.25, 0.3) is 0 Å². The van der Waals surface area contributed by atoms with Crippen LogP contribution in [0.1, 0.15) is 27.7 Å². The summed E-state index contributed by atoms with van der Waals surface area (Å²) >= 11 is 5.82. The highest BCUT2D eigenvalue weighted by Crippen LogP contribution is 2.15. The second-order valence-corrected chi connectivity index (χ2v) is 5.80. The Labute approximate surface area is 123 Å². The lowest BCUT2D eigenvalue weighted by atomic mass is 10.2. The van der Waals surface area contributed by atoms with Crippen LogP contribution >= 0.6 is 11.6 Å². The van der Waals surface area contributed by atoms with Crippen LogP contribution in [0, 0.1) is 0 Å². The zero-order valence-corrected chi connectivity index (χ0v) is 12.7. The maximum atomic E-state index is 11.9. The lowest BCUT2D eigenvalue weighted by molar-refractivity contribution is -0.117. The number of anilines is 1.